The second-order valence-corrected chi connectivity index (χ2v) is 2.41. The van der Waals surface area contributed by atoms with Gasteiger partial charge in [-0.05, 0) is 6.42 Å². The first-order valence-electron chi connectivity index (χ1n) is 3.01. The monoisotopic (exact) mass is 146 g/mol. The van der Waals surface area contributed by atoms with Crippen molar-refractivity contribution < 1.29 is 19.1 Å². The number of Topliss-reactive ketones (excluding diaryl/α,β-unsaturated/α-hetero) is 1. The van der Waals surface area contributed by atoms with Crippen LogP contribution in [0.5, 0.6) is 0 Å². The first-order chi connectivity index (χ1) is 4.61. The molecular weight excluding hydrogens is 139 g/mol. The summed E-state index contributed by atoms with van der Waals surface area (Å²) in [5, 5.41) is 8.33. The van der Waals surface area contributed by atoms with Crippen LogP contribution in [0, 0.1) is 5.92 Å². The molecule has 0 bridgehead atoms. The van der Waals surface area contributed by atoms with Crippen molar-refractivity contribution in [3.63, 3.8) is 0 Å². The van der Waals surface area contributed by atoms with Gasteiger partial charge in [-0.25, -0.2) is 4.39 Å². The van der Waals surface area contributed by atoms with Gasteiger partial charge in [0.25, 0.3) is 0 Å². The summed E-state index contributed by atoms with van der Waals surface area (Å²) in [5.41, 5.74) is 0. The van der Waals surface area contributed by atoms with E-state index in [4.69, 9.17) is 5.11 Å². The molecule has 1 aliphatic carbocycles. The molecule has 0 saturated heterocycles. The summed E-state index contributed by atoms with van der Waals surface area (Å²) in [6, 6.07) is 0. The molecule has 0 amide bonds. The lowest BCUT2D eigenvalue weighted by atomic mass is 10.1. The van der Waals surface area contributed by atoms with E-state index in [1.54, 1.807) is 0 Å². The largest absolute Gasteiger partial charge is 0.481 e. The highest BCUT2D eigenvalue weighted by molar-refractivity contribution is 5.90. The highest BCUT2D eigenvalue weighted by atomic mass is 19.1. The van der Waals surface area contributed by atoms with Crippen LogP contribution in [-0.2, 0) is 9.59 Å². The number of hydrogen-bond acceptors (Lipinski definition) is 2. The minimum absolute atomic E-state index is 0.142. The van der Waals surface area contributed by atoms with Gasteiger partial charge in [0.2, 0.25) is 0 Å². The quantitative estimate of drug-likeness (QED) is 0.582. The van der Waals surface area contributed by atoms with Gasteiger partial charge in [0.15, 0.2) is 12.0 Å². The number of ketones is 1. The molecule has 0 radical (unpaired) electrons. The van der Waals surface area contributed by atoms with Crippen LogP contribution in [0.1, 0.15) is 12.8 Å². The topological polar surface area (TPSA) is 54.4 Å². The number of hydrogen-bond donors (Lipinski definition) is 1. The van der Waals surface area contributed by atoms with E-state index in [9.17, 15) is 14.0 Å². The molecule has 3 nitrogen and oxygen atoms in total. The average molecular weight is 146 g/mol. The van der Waals surface area contributed by atoms with Crippen LogP contribution in [0.3, 0.4) is 0 Å². The number of aliphatic carboxylic acids is 1. The number of carboxylic acids is 1. The van der Waals surface area contributed by atoms with Crippen LogP contribution in [0.25, 0.3) is 0 Å². The second kappa shape index (κ2) is 2.36. The van der Waals surface area contributed by atoms with Crippen LogP contribution in [0.2, 0.25) is 0 Å². The summed E-state index contributed by atoms with van der Waals surface area (Å²) in [4.78, 5) is 20.6. The summed E-state index contributed by atoms with van der Waals surface area (Å²) in [6.45, 7) is 0. The molecule has 0 heterocycles. The van der Waals surface area contributed by atoms with Gasteiger partial charge >= 0.3 is 5.97 Å². The lowest BCUT2D eigenvalue weighted by molar-refractivity contribution is -0.142. The first kappa shape index (κ1) is 7.18. The van der Waals surface area contributed by atoms with Crippen molar-refractivity contribution in [3.8, 4) is 0 Å². The number of alkyl halides is 1. The zero-order chi connectivity index (χ0) is 7.72. The standard InChI is InChI=1S/C6H7FO3/c7-4-1-3(6(9)10)2-5(4)8/h3-4H,1-2H2,(H,9,10)/t3-,4-/m0/s1. The van der Waals surface area contributed by atoms with Crippen LogP contribution in [-0.4, -0.2) is 23.0 Å². The lowest BCUT2D eigenvalue weighted by Gasteiger charge is -1.96. The molecule has 0 aromatic heterocycles. The van der Waals surface area contributed by atoms with Crippen molar-refractivity contribution >= 4 is 11.8 Å². The van der Waals surface area contributed by atoms with E-state index in [0.717, 1.165) is 0 Å². The normalized spacial score (nSPS) is 32.7. The molecule has 1 rings (SSSR count). The smallest absolute Gasteiger partial charge is 0.307 e. The third kappa shape index (κ3) is 1.15. The maximum atomic E-state index is 12.3. The first-order valence-corrected chi connectivity index (χ1v) is 3.01. The van der Waals surface area contributed by atoms with E-state index in [0.29, 0.717) is 0 Å². The molecule has 1 saturated carbocycles. The third-order valence-electron chi connectivity index (χ3n) is 1.64. The Morgan fingerprint density at radius 1 is 1.70 bits per heavy atom. The number of carboxylic acid groups (broad SMARTS) is 1. The van der Waals surface area contributed by atoms with Crippen LogP contribution < -0.4 is 0 Å². The summed E-state index contributed by atoms with van der Waals surface area (Å²) in [6.07, 6.45) is -1.83. The molecule has 56 valence electrons. The van der Waals surface area contributed by atoms with Gasteiger partial charge in [-0.2, -0.15) is 0 Å². The summed E-state index contributed by atoms with van der Waals surface area (Å²) in [5.74, 6) is -2.44. The number of halogens is 1. The lowest BCUT2D eigenvalue weighted by Crippen LogP contribution is -2.09. The molecule has 4 heteroatoms. The molecule has 2 atom stereocenters. The van der Waals surface area contributed by atoms with Gasteiger partial charge < -0.3 is 5.11 Å². The third-order valence-corrected chi connectivity index (χ3v) is 1.64. The Morgan fingerprint density at radius 3 is 2.50 bits per heavy atom. The molecule has 10 heavy (non-hydrogen) atoms. The molecule has 0 spiro atoms. The Kier molecular flexibility index (Phi) is 1.70. The van der Waals surface area contributed by atoms with E-state index in [-0.39, 0.29) is 12.8 Å². The molecule has 0 unspecified atom stereocenters. The summed E-state index contributed by atoms with van der Waals surface area (Å²) < 4.78 is 12.3. The van der Waals surface area contributed by atoms with Crippen LogP contribution >= 0.6 is 0 Å². The highest BCUT2D eigenvalue weighted by Gasteiger charge is 2.36. The van der Waals surface area contributed by atoms with Crippen molar-refractivity contribution in [1.82, 2.24) is 0 Å². The number of carbonyl (C=O) groups is 2. The molecule has 0 aromatic carbocycles. The molecule has 0 aliphatic heterocycles. The Morgan fingerprint density at radius 2 is 2.30 bits per heavy atom. The Bertz CT molecular complexity index is 178. The van der Waals surface area contributed by atoms with Gasteiger partial charge in [-0.1, -0.05) is 0 Å². The van der Waals surface area contributed by atoms with E-state index in [1.807, 2.05) is 0 Å². The fourth-order valence-corrected chi connectivity index (χ4v) is 1.02. The zero-order valence-corrected chi connectivity index (χ0v) is 5.21. The number of rotatable bonds is 1. The maximum Gasteiger partial charge on any atom is 0.307 e. The summed E-state index contributed by atoms with van der Waals surface area (Å²) in [7, 11) is 0. The summed E-state index contributed by atoms with van der Waals surface area (Å²) >= 11 is 0. The minimum atomic E-state index is -1.54. The maximum absolute atomic E-state index is 12.3. The van der Waals surface area contributed by atoms with E-state index in [2.05, 4.69) is 0 Å². The molecule has 1 N–H and O–H groups in total. The van der Waals surface area contributed by atoms with Gasteiger partial charge in [0.1, 0.15) is 0 Å². The molecule has 1 fully saturated rings. The molecule has 1 aliphatic rings. The minimum Gasteiger partial charge on any atom is -0.481 e. The molecule has 0 aromatic rings. The van der Waals surface area contributed by atoms with Crippen molar-refractivity contribution in [1.29, 1.82) is 0 Å². The van der Waals surface area contributed by atoms with Crippen molar-refractivity contribution in [3.05, 3.63) is 0 Å². The van der Waals surface area contributed by atoms with Crippen molar-refractivity contribution in [2.45, 2.75) is 19.0 Å². The highest BCUT2D eigenvalue weighted by Crippen LogP contribution is 2.24. The Labute approximate surface area is 56.8 Å². The van der Waals surface area contributed by atoms with E-state index < -0.39 is 23.8 Å². The SMILES string of the molecule is O=C(O)[C@@H]1CC(=O)[C@@H](F)C1. The Balaban J connectivity index is 2.57. The number of carbonyl (C=O) groups excluding carboxylic acids is 1. The van der Waals surface area contributed by atoms with E-state index in [1.165, 1.54) is 0 Å². The van der Waals surface area contributed by atoms with Crippen LogP contribution in [0.15, 0.2) is 0 Å². The van der Waals surface area contributed by atoms with Crippen LogP contribution in [0.4, 0.5) is 4.39 Å². The Hall–Kier alpha value is -0.930. The van der Waals surface area contributed by atoms with Gasteiger partial charge in [-0.15, -0.1) is 0 Å². The zero-order valence-electron chi connectivity index (χ0n) is 5.21. The van der Waals surface area contributed by atoms with Gasteiger partial charge in [-0.3, -0.25) is 9.59 Å². The van der Waals surface area contributed by atoms with Gasteiger partial charge in [0.05, 0.1) is 5.92 Å². The second-order valence-electron chi connectivity index (χ2n) is 2.41. The predicted molar refractivity (Wildman–Crippen MR) is 30.3 cm³/mol. The van der Waals surface area contributed by atoms with Crippen molar-refractivity contribution in [2.24, 2.45) is 5.92 Å². The molecular formula is C6H7FO3. The average Bonchev–Trinajstić information content (AvgIpc) is 2.13. The van der Waals surface area contributed by atoms with E-state index >= 15 is 0 Å². The van der Waals surface area contributed by atoms with Crippen molar-refractivity contribution in [2.75, 3.05) is 0 Å². The fourth-order valence-electron chi connectivity index (χ4n) is 1.02. The van der Waals surface area contributed by atoms with Gasteiger partial charge in [0, 0.05) is 6.42 Å². The predicted octanol–water partition coefficient (Wildman–Crippen LogP) is 0.388. The fraction of sp³-hybridized carbons (Fsp3) is 0.667.